The molecule has 0 atom stereocenters. The number of nitrogens with zero attached hydrogens (tertiary/aromatic N) is 1. The van der Waals surface area contributed by atoms with Gasteiger partial charge in [0.05, 0.1) is 12.9 Å². The maximum atomic E-state index is 5.22. The van der Waals surface area contributed by atoms with Crippen LogP contribution in [0.4, 0.5) is 0 Å². The zero-order valence-corrected chi connectivity index (χ0v) is 7.75. The van der Waals surface area contributed by atoms with Crippen LogP contribution in [0.3, 0.4) is 0 Å². The summed E-state index contributed by atoms with van der Waals surface area (Å²) in [5.41, 5.74) is 0. The first kappa shape index (κ1) is 9.26. The lowest BCUT2D eigenvalue weighted by molar-refractivity contribution is -0.544. The van der Waals surface area contributed by atoms with Crippen LogP contribution in [0, 0.1) is 0 Å². The standard InChI is InChI=1S/C9H16NO2/c1-9(11-2)3-4-10-5-7-12-8-6-10/h3-4H,5-8H2,1-2H3/q+1/b9-3-. The molecule has 3 nitrogen and oxygen atoms in total. The molecule has 3 heteroatoms. The summed E-state index contributed by atoms with van der Waals surface area (Å²) in [6.07, 6.45) is 4.03. The predicted molar refractivity (Wildman–Crippen MR) is 47.6 cm³/mol. The maximum Gasteiger partial charge on any atom is 0.166 e. The Hall–Kier alpha value is -0.830. The highest BCUT2D eigenvalue weighted by atomic mass is 16.5. The number of rotatable bonds is 2. The third-order valence-electron chi connectivity index (χ3n) is 1.89. The van der Waals surface area contributed by atoms with Crippen LogP contribution in [0.5, 0.6) is 0 Å². The second kappa shape index (κ2) is 4.93. The molecular formula is C9H16NO2+. The summed E-state index contributed by atoms with van der Waals surface area (Å²) in [6.45, 7) is 5.56. The summed E-state index contributed by atoms with van der Waals surface area (Å²) in [5.74, 6) is 0.932. The van der Waals surface area contributed by atoms with Gasteiger partial charge in [-0.25, -0.2) is 4.58 Å². The molecule has 1 heterocycles. The van der Waals surface area contributed by atoms with Gasteiger partial charge in [0.25, 0.3) is 0 Å². The van der Waals surface area contributed by atoms with Gasteiger partial charge in [-0.2, -0.15) is 0 Å². The van der Waals surface area contributed by atoms with Crippen LogP contribution in [0.1, 0.15) is 6.92 Å². The zero-order chi connectivity index (χ0) is 8.81. The number of hydrogen-bond donors (Lipinski definition) is 0. The van der Waals surface area contributed by atoms with Crippen molar-refractivity contribution in [3.05, 3.63) is 11.8 Å². The topological polar surface area (TPSA) is 21.5 Å². The highest BCUT2D eigenvalue weighted by Crippen LogP contribution is 1.91. The second-order valence-corrected chi connectivity index (χ2v) is 2.78. The van der Waals surface area contributed by atoms with E-state index >= 15 is 0 Å². The minimum Gasteiger partial charge on any atom is -0.501 e. The Bertz CT molecular complexity index is 189. The van der Waals surface area contributed by atoms with Gasteiger partial charge in [0.15, 0.2) is 19.3 Å². The van der Waals surface area contributed by atoms with E-state index in [1.165, 1.54) is 0 Å². The first-order chi connectivity index (χ1) is 5.83. The van der Waals surface area contributed by atoms with Gasteiger partial charge in [0, 0.05) is 6.08 Å². The van der Waals surface area contributed by atoms with Crippen LogP contribution >= 0.6 is 0 Å². The molecule has 0 amide bonds. The highest BCUT2D eigenvalue weighted by Gasteiger charge is 2.08. The summed E-state index contributed by atoms with van der Waals surface area (Å²) in [5, 5.41) is 0. The van der Waals surface area contributed by atoms with E-state index in [-0.39, 0.29) is 0 Å². The molecule has 0 aliphatic carbocycles. The van der Waals surface area contributed by atoms with E-state index in [2.05, 4.69) is 10.8 Å². The van der Waals surface area contributed by atoms with Crippen LogP contribution in [0.15, 0.2) is 11.8 Å². The van der Waals surface area contributed by atoms with Crippen molar-refractivity contribution in [2.45, 2.75) is 6.92 Å². The Morgan fingerprint density at radius 3 is 2.67 bits per heavy atom. The third kappa shape index (κ3) is 3.05. The summed E-state index contributed by atoms with van der Waals surface area (Å²) < 4.78 is 12.5. The summed E-state index contributed by atoms with van der Waals surface area (Å²) >= 11 is 0. The predicted octanol–water partition coefficient (Wildman–Crippen LogP) is 0.650. The Balaban J connectivity index is 2.44. The molecule has 0 aromatic rings. The van der Waals surface area contributed by atoms with E-state index in [0.717, 1.165) is 32.1 Å². The van der Waals surface area contributed by atoms with Gasteiger partial charge in [-0.3, -0.25) is 0 Å². The van der Waals surface area contributed by atoms with Crippen molar-refractivity contribution in [2.75, 3.05) is 33.4 Å². The van der Waals surface area contributed by atoms with Crippen molar-refractivity contribution in [1.29, 1.82) is 0 Å². The van der Waals surface area contributed by atoms with E-state index in [1.807, 2.05) is 13.0 Å². The average molecular weight is 170 g/mol. The Morgan fingerprint density at radius 2 is 2.08 bits per heavy atom. The van der Waals surface area contributed by atoms with E-state index in [9.17, 15) is 0 Å². The Morgan fingerprint density at radius 1 is 1.42 bits per heavy atom. The largest absolute Gasteiger partial charge is 0.501 e. The molecule has 0 bridgehead atoms. The van der Waals surface area contributed by atoms with Gasteiger partial charge in [-0.15, -0.1) is 0 Å². The highest BCUT2D eigenvalue weighted by molar-refractivity contribution is 5.66. The van der Waals surface area contributed by atoms with E-state index in [0.29, 0.717) is 0 Å². The number of methoxy groups -OCH3 is 1. The lowest BCUT2D eigenvalue weighted by atomic mass is 10.4. The fraction of sp³-hybridized carbons (Fsp3) is 0.667. The van der Waals surface area contributed by atoms with E-state index in [1.54, 1.807) is 7.11 Å². The van der Waals surface area contributed by atoms with Gasteiger partial charge >= 0.3 is 0 Å². The molecule has 12 heavy (non-hydrogen) atoms. The molecular weight excluding hydrogens is 154 g/mol. The Kier molecular flexibility index (Phi) is 3.80. The summed E-state index contributed by atoms with van der Waals surface area (Å²) in [6, 6.07) is 0. The molecule has 68 valence electrons. The van der Waals surface area contributed by atoms with Gasteiger partial charge < -0.3 is 9.47 Å². The molecule has 0 saturated carbocycles. The Labute approximate surface area is 73.3 Å². The second-order valence-electron chi connectivity index (χ2n) is 2.78. The van der Waals surface area contributed by atoms with Crippen molar-refractivity contribution >= 4 is 6.21 Å². The first-order valence-electron chi connectivity index (χ1n) is 4.20. The molecule has 0 N–H and O–H groups in total. The molecule has 1 rings (SSSR count). The minimum atomic E-state index is 0.830. The molecule has 1 aliphatic heterocycles. The zero-order valence-electron chi connectivity index (χ0n) is 7.75. The third-order valence-corrected chi connectivity index (χ3v) is 1.89. The number of hydrogen-bond acceptors (Lipinski definition) is 2. The molecule has 1 fully saturated rings. The fourth-order valence-electron chi connectivity index (χ4n) is 1.00. The molecule has 0 unspecified atom stereocenters. The van der Waals surface area contributed by atoms with Crippen LogP contribution < -0.4 is 0 Å². The molecule has 0 aromatic heterocycles. The smallest absolute Gasteiger partial charge is 0.166 e. The maximum absolute atomic E-state index is 5.22. The molecule has 0 spiro atoms. The average Bonchev–Trinajstić information content (AvgIpc) is 2.16. The van der Waals surface area contributed by atoms with Crippen molar-refractivity contribution in [3.63, 3.8) is 0 Å². The monoisotopic (exact) mass is 170 g/mol. The number of allylic oxidation sites excluding steroid dienone is 2. The van der Waals surface area contributed by atoms with E-state index in [4.69, 9.17) is 9.47 Å². The number of morpholine rings is 1. The molecule has 0 aromatic carbocycles. The van der Waals surface area contributed by atoms with Crippen molar-refractivity contribution < 1.29 is 14.0 Å². The molecule has 1 saturated heterocycles. The lowest BCUT2D eigenvalue weighted by Crippen LogP contribution is -2.28. The lowest BCUT2D eigenvalue weighted by Gasteiger charge is -2.09. The SMILES string of the molecule is CO/C(C)=C\C=[N+]1CCOCC1. The van der Waals surface area contributed by atoms with Crippen LogP contribution in [-0.4, -0.2) is 44.2 Å². The normalized spacial score (nSPS) is 19.2. The minimum absolute atomic E-state index is 0.830. The fourth-order valence-corrected chi connectivity index (χ4v) is 1.00. The van der Waals surface area contributed by atoms with Crippen molar-refractivity contribution in [3.8, 4) is 0 Å². The number of ether oxygens (including phenoxy) is 2. The van der Waals surface area contributed by atoms with E-state index < -0.39 is 0 Å². The van der Waals surface area contributed by atoms with Gasteiger partial charge in [0.1, 0.15) is 13.2 Å². The van der Waals surface area contributed by atoms with Crippen LogP contribution in [-0.2, 0) is 9.47 Å². The van der Waals surface area contributed by atoms with Gasteiger partial charge in [-0.1, -0.05) is 0 Å². The van der Waals surface area contributed by atoms with Crippen LogP contribution in [0.25, 0.3) is 0 Å². The van der Waals surface area contributed by atoms with Crippen LogP contribution in [0.2, 0.25) is 0 Å². The van der Waals surface area contributed by atoms with Crippen molar-refractivity contribution in [1.82, 2.24) is 0 Å². The van der Waals surface area contributed by atoms with Crippen molar-refractivity contribution in [2.24, 2.45) is 0 Å². The quantitative estimate of drug-likeness (QED) is 0.448. The first-order valence-corrected chi connectivity index (χ1v) is 4.20. The molecule has 0 radical (unpaired) electrons. The molecule has 1 aliphatic rings. The van der Waals surface area contributed by atoms with Gasteiger partial charge in [0.2, 0.25) is 0 Å². The summed E-state index contributed by atoms with van der Waals surface area (Å²) in [4.78, 5) is 0. The van der Waals surface area contributed by atoms with Gasteiger partial charge in [-0.05, 0) is 6.92 Å². The summed E-state index contributed by atoms with van der Waals surface area (Å²) in [7, 11) is 1.68.